The van der Waals surface area contributed by atoms with Crippen LogP contribution in [0.2, 0.25) is 0 Å². The van der Waals surface area contributed by atoms with E-state index in [-0.39, 0.29) is 29.9 Å². The molecule has 118 valence electrons. The first-order valence-corrected chi connectivity index (χ1v) is 8.76. The Labute approximate surface area is 127 Å². The zero-order chi connectivity index (χ0) is 15.5. The number of aliphatic hydroxyl groups is 1. The van der Waals surface area contributed by atoms with Crippen LogP contribution in [0.3, 0.4) is 0 Å². The molecule has 1 aliphatic heterocycles. The van der Waals surface area contributed by atoms with E-state index >= 15 is 0 Å². The highest BCUT2D eigenvalue weighted by molar-refractivity contribution is 7.91. The molecule has 0 spiro atoms. The Morgan fingerprint density at radius 2 is 2.38 bits per heavy atom. The number of carbonyl (C=O) groups is 1. The maximum absolute atomic E-state index is 12.3. The summed E-state index contributed by atoms with van der Waals surface area (Å²) in [4.78, 5) is 13.7. The molecule has 1 fully saturated rings. The molecule has 0 aliphatic carbocycles. The Bertz CT molecular complexity index is 572. The van der Waals surface area contributed by atoms with E-state index < -0.39 is 16.1 Å². The number of thiophene rings is 1. The molecule has 1 unspecified atom stereocenters. The Morgan fingerprint density at radius 1 is 1.62 bits per heavy atom. The summed E-state index contributed by atoms with van der Waals surface area (Å²) in [6, 6.07) is 2.74. The largest absolute Gasteiger partial charge is 0.394 e. The van der Waals surface area contributed by atoms with E-state index in [0.29, 0.717) is 13.2 Å². The van der Waals surface area contributed by atoms with Crippen LogP contribution < -0.4 is 0 Å². The van der Waals surface area contributed by atoms with Crippen molar-refractivity contribution in [2.75, 3.05) is 40.0 Å². The Kier molecular flexibility index (Phi) is 5.33. The van der Waals surface area contributed by atoms with E-state index in [2.05, 4.69) is 0 Å². The van der Waals surface area contributed by atoms with E-state index in [4.69, 9.17) is 4.74 Å². The second kappa shape index (κ2) is 6.84. The van der Waals surface area contributed by atoms with Gasteiger partial charge in [-0.2, -0.15) is 4.31 Å². The van der Waals surface area contributed by atoms with Gasteiger partial charge >= 0.3 is 0 Å². The number of morpholine rings is 1. The summed E-state index contributed by atoms with van der Waals surface area (Å²) in [5.74, 6) is -0.333. The zero-order valence-corrected chi connectivity index (χ0v) is 13.3. The van der Waals surface area contributed by atoms with Crippen LogP contribution in [0, 0.1) is 0 Å². The molecule has 1 atom stereocenters. The average Bonchev–Trinajstić information content (AvgIpc) is 3.01. The van der Waals surface area contributed by atoms with Gasteiger partial charge in [0, 0.05) is 13.6 Å². The van der Waals surface area contributed by atoms with Gasteiger partial charge in [0.05, 0.1) is 32.4 Å². The van der Waals surface area contributed by atoms with E-state index in [1.54, 1.807) is 11.4 Å². The molecule has 1 saturated heterocycles. The second-order valence-corrected chi connectivity index (χ2v) is 7.91. The maximum Gasteiger partial charge on any atom is 0.252 e. The first-order chi connectivity index (χ1) is 9.96. The second-order valence-electron chi connectivity index (χ2n) is 4.69. The predicted molar refractivity (Wildman–Crippen MR) is 77.5 cm³/mol. The minimum atomic E-state index is -3.64. The number of rotatable bonds is 5. The third-order valence-electron chi connectivity index (χ3n) is 3.28. The lowest BCUT2D eigenvalue weighted by atomic mass is 10.2. The Hall–Kier alpha value is -1.00. The van der Waals surface area contributed by atoms with Gasteiger partial charge in [0.15, 0.2) is 0 Å². The summed E-state index contributed by atoms with van der Waals surface area (Å²) in [6.07, 6.45) is 0. The Morgan fingerprint density at radius 3 is 3.00 bits per heavy atom. The lowest BCUT2D eigenvalue weighted by Gasteiger charge is -2.35. The van der Waals surface area contributed by atoms with Crippen molar-refractivity contribution in [2.45, 2.75) is 10.3 Å². The van der Waals surface area contributed by atoms with Gasteiger partial charge in [-0.1, -0.05) is 6.07 Å². The van der Waals surface area contributed by atoms with Crippen LogP contribution in [0.15, 0.2) is 21.7 Å². The van der Waals surface area contributed by atoms with Crippen LogP contribution in [0.5, 0.6) is 0 Å². The van der Waals surface area contributed by atoms with Crippen molar-refractivity contribution >= 4 is 27.3 Å². The summed E-state index contributed by atoms with van der Waals surface area (Å²) >= 11 is 1.11. The highest BCUT2D eigenvalue weighted by Crippen LogP contribution is 2.20. The van der Waals surface area contributed by atoms with Crippen LogP contribution in [0.25, 0.3) is 0 Å². The molecule has 0 bridgehead atoms. The molecular formula is C12H18N2O5S2. The normalized spacial score (nSPS) is 20.0. The molecule has 0 aromatic carbocycles. The molecule has 7 nitrogen and oxygen atoms in total. The lowest BCUT2D eigenvalue weighted by Crippen LogP contribution is -2.53. The molecular weight excluding hydrogens is 316 g/mol. The number of carbonyl (C=O) groups excluding carboxylic acids is 1. The van der Waals surface area contributed by atoms with Crippen molar-refractivity contribution in [1.29, 1.82) is 0 Å². The van der Waals surface area contributed by atoms with E-state index in [9.17, 15) is 18.3 Å². The molecule has 2 heterocycles. The van der Waals surface area contributed by atoms with Gasteiger partial charge in [-0.05, 0) is 11.4 Å². The minimum Gasteiger partial charge on any atom is -0.394 e. The fourth-order valence-corrected chi connectivity index (χ4v) is 4.39. The third-order valence-corrected chi connectivity index (χ3v) is 6.45. The molecule has 0 saturated carbocycles. The van der Waals surface area contributed by atoms with Crippen LogP contribution in [-0.4, -0.2) is 74.6 Å². The first kappa shape index (κ1) is 16.4. The van der Waals surface area contributed by atoms with Gasteiger partial charge in [-0.25, -0.2) is 8.42 Å². The quantitative estimate of drug-likeness (QED) is 0.791. The number of ether oxygens (including phenoxy) is 1. The number of hydrogen-bond acceptors (Lipinski definition) is 6. The monoisotopic (exact) mass is 334 g/mol. The summed E-state index contributed by atoms with van der Waals surface area (Å²) in [5.41, 5.74) is 0. The van der Waals surface area contributed by atoms with Crippen molar-refractivity contribution in [3.63, 3.8) is 0 Å². The van der Waals surface area contributed by atoms with Crippen LogP contribution in [0.4, 0.5) is 0 Å². The van der Waals surface area contributed by atoms with Gasteiger partial charge in [0.2, 0.25) is 5.91 Å². The molecule has 21 heavy (non-hydrogen) atoms. The number of hydrogen-bond donors (Lipinski definition) is 1. The maximum atomic E-state index is 12.3. The average molecular weight is 334 g/mol. The standard InChI is InChI=1S/C12H18N2O5S2/c1-13(21(17,18)12-3-2-6-20-12)7-11(16)14-4-5-19-9-10(14)8-15/h2-3,6,10,15H,4-5,7-9H2,1H3. The SMILES string of the molecule is CN(CC(=O)N1CCOCC1CO)S(=O)(=O)c1cccs1. The van der Waals surface area contributed by atoms with Gasteiger partial charge in [-0.15, -0.1) is 11.3 Å². The molecule has 1 aromatic heterocycles. The minimum absolute atomic E-state index is 0.201. The third kappa shape index (κ3) is 3.61. The molecule has 2 rings (SSSR count). The fourth-order valence-electron chi connectivity index (χ4n) is 2.06. The number of likely N-dealkylation sites (N-methyl/N-ethyl adjacent to an activating group) is 1. The summed E-state index contributed by atoms with van der Waals surface area (Å²) in [5, 5.41) is 10.9. The van der Waals surface area contributed by atoms with E-state index in [1.165, 1.54) is 18.0 Å². The molecule has 1 aromatic rings. The first-order valence-electron chi connectivity index (χ1n) is 6.44. The molecule has 9 heteroatoms. The van der Waals surface area contributed by atoms with Gasteiger partial charge in [0.1, 0.15) is 4.21 Å². The smallest absolute Gasteiger partial charge is 0.252 e. The molecule has 1 aliphatic rings. The molecule has 1 N–H and O–H groups in total. The zero-order valence-electron chi connectivity index (χ0n) is 11.6. The van der Waals surface area contributed by atoms with Crippen molar-refractivity contribution in [3.8, 4) is 0 Å². The van der Waals surface area contributed by atoms with Crippen LogP contribution in [0.1, 0.15) is 0 Å². The number of sulfonamides is 1. The predicted octanol–water partition coefficient (Wildman–Crippen LogP) is -0.412. The van der Waals surface area contributed by atoms with Crippen molar-refractivity contribution < 1.29 is 23.1 Å². The fraction of sp³-hybridized carbons (Fsp3) is 0.583. The Balaban J connectivity index is 2.05. The van der Waals surface area contributed by atoms with Gasteiger partial charge < -0.3 is 14.7 Å². The van der Waals surface area contributed by atoms with Crippen LogP contribution >= 0.6 is 11.3 Å². The number of amides is 1. The van der Waals surface area contributed by atoms with Crippen molar-refractivity contribution in [3.05, 3.63) is 17.5 Å². The highest BCUT2D eigenvalue weighted by Gasteiger charge is 2.30. The highest BCUT2D eigenvalue weighted by atomic mass is 32.2. The molecule has 1 amide bonds. The topological polar surface area (TPSA) is 87.2 Å². The number of aliphatic hydroxyl groups excluding tert-OH is 1. The van der Waals surface area contributed by atoms with Crippen molar-refractivity contribution in [2.24, 2.45) is 0 Å². The van der Waals surface area contributed by atoms with Gasteiger partial charge in [0.25, 0.3) is 10.0 Å². The summed E-state index contributed by atoms with van der Waals surface area (Å²) in [7, 11) is -2.27. The van der Waals surface area contributed by atoms with Crippen molar-refractivity contribution in [1.82, 2.24) is 9.21 Å². The van der Waals surface area contributed by atoms with E-state index in [0.717, 1.165) is 15.6 Å². The molecule has 0 radical (unpaired) electrons. The van der Waals surface area contributed by atoms with Crippen LogP contribution in [-0.2, 0) is 19.6 Å². The summed E-state index contributed by atoms with van der Waals surface area (Å²) in [6.45, 7) is 0.564. The van der Waals surface area contributed by atoms with E-state index in [1.807, 2.05) is 0 Å². The lowest BCUT2D eigenvalue weighted by molar-refractivity contribution is -0.141. The van der Waals surface area contributed by atoms with Gasteiger partial charge in [-0.3, -0.25) is 4.79 Å². The number of nitrogens with zero attached hydrogens (tertiary/aromatic N) is 2. The summed E-state index contributed by atoms with van der Waals surface area (Å²) < 4.78 is 30.9.